The first-order valence-corrected chi connectivity index (χ1v) is 14.3. The van der Waals surface area contributed by atoms with E-state index in [1.54, 1.807) is 13.3 Å². The minimum atomic E-state index is -0.967. The molecular weight excluding hydrogens is 327 g/mol. The maximum atomic E-state index is 8.29. The van der Waals surface area contributed by atoms with Gasteiger partial charge >= 0.3 is 104 Å². The standard InChI is InChI=1S/3C4H9.O2S.Sn.H/c3*1-3-4-2;1-3-2;;/h3*1,3-4H2,2H3;;;. The van der Waals surface area contributed by atoms with E-state index in [2.05, 4.69) is 20.8 Å². The van der Waals surface area contributed by atoms with Crippen LogP contribution in [0.1, 0.15) is 59.3 Å². The molecular formula is C12H28O2SSn. The maximum absolute atomic E-state index is 8.29. The molecule has 0 radical (unpaired) electrons. The molecule has 98 valence electrons. The van der Waals surface area contributed by atoms with Crippen molar-refractivity contribution >= 4 is 31.3 Å². The Bertz CT molecular complexity index is 140. The number of rotatable bonds is 9. The van der Waals surface area contributed by atoms with Gasteiger partial charge in [-0.2, -0.15) is 8.42 Å². The van der Waals surface area contributed by atoms with Crippen LogP contribution in [0.4, 0.5) is 0 Å². The molecule has 0 bridgehead atoms. The van der Waals surface area contributed by atoms with Gasteiger partial charge in [-0.1, -0.05) is 0 Å². The van der Waals surface area contributed by atoms with Gasteiger partial charge < -0.3 is 0 Å². The SMILES string of the molecule is CCC[CH2][SnH]([CH2]CCC)[CH2]CCC.O=S=O. The molecule has 0 saturated heterocycles. The van der Waals surface area contributed by atoms with Crippen molar-refractivity contribution in [1.82, 2.24) is 0 Å². The third-order valence-electron chi connectivity index (χ3n) is 2.90. The third-order valence-corrected chi connectivity index (χ3v) is 13.4. The van der Waals surface area contributed by atoms with Gasteiger partial charge in [-0.15, -0.1) is 0 Å². The summed E-state index contributed by atoms with van der Waals surface area (Å²) in [4.78, 5) is 0. The Hall–Kier alpha value is 0.619. The minimum Gasteiger partial charge on any atom is -0.168 e. The fraction of sp³-hybridized carbons (Fsp3) is 1.00. The van der Waals surface area contributed by atoms with Crippen LogP contribution in [0.3, 0.4) is 0 Å². The van der Waals surface area contributed by atoms with E-state index < -0.39 is 31.3 Å². The summed E-state index contributed by atoms with van der Waals surface area (Å²) in [5, 5.41) is 0. The maximum Gasteiger partial charge on any atom is 0.335 e. The normalized spacial score (nSPS) is 9.75. The molecule has 16 heavy (non-hydrogen) atoms. The molecule has 0 heterocycles. The van der Waals surface area contributed by atoms with Gasteiger partial charge in [-0.25, -0.2) is 0 Å². The molecule has 4 heteroatoms. The molecule has 0 aromatic rings. The fourth-order valence-corrected chi connectivity index (χ4v) is 12.8. The van der Waals surface area contributed by atoms with Crippen molar-refractivity contribution in [1.29, 1.82) is 0 Å². The van der Waals surface area contributed by atoms with E-state index in [9.17, 15) is 0 Å². The molecule has 0 spiro atoms. The first-order chi connectivity index (χ1) is 7.76. The van der Waals surface area contributed by atoms with Crippen molar-refractivity contribution in [2.45, 2.75) is 72.6 Å². The smallest absolute Gasteiger partial charge is 0.168 e. The monoisotopic (exact) mass is 356 g/mol. The predicted octanol–water partition coefficient (Wildman–Crippen LogP) is 3.94. The predicted molar refractivity (Wildman–Crippen MR) is 75.2 cm³/mol. The van der Waals surface area contributed by atoms with E-state index in [1.807, 2.05) is 0 Å². The van der Waals surface area contributed by atoms with Crippen LogP contribution in [0.15, 0.2) is 0 Å². The summed E-state index contributed by atoms with van der Waals surface area (Å²) in [5.41, 5.74) is 0. The van der Waals surface area contributed by atoms with Gasteiger partial charge in [0.1, 0.15) is 0 Å². The Morgan fingerprint density at radius 2 is 1.00 bits per heavy atom. The van der Waals surface area contributed by atoms with Crippen LogP contribution in [0.5, 0.6) is 0 Å². The first-order valence-electron chi connectivity index (χ1n) is 6.68. The average molecular weight is 355 g/mol. The second-order valence-electron chi connectivity index (χ2n) is 4.36. The molecule has 0 fully saturated rings. The van der Waals surface area contributed by atoms with Gasteiger partial charge in [-0.3, -0.25) is 0 Å². The summed E-state index contributed by atoms with van der Waals surface area (Å²) in [6.45, 7) is 7.01. The molecule has 0 amide bonds. The summed E-state index contributed by atoms with van der Waals surface area (Å²) in [5.74, 6) is 0. The molecule has 0 saturated carbocycles. The largest absolute Gasteiger partial charge is 0.335 e. The van der Waals surface area contributed by atoms with Crippen LogP contribution in [-0.2, 0) is 11.6 Å². The van der Waals surface area contributed by atoms with Crippen LogP contribution in [0.25, 0.3) is 0 Å². The van der Waals surface area contributed by atoms with Crippen molar-refractivity contribution in [2.24, 2.45) is 0 Å². The molecule has 0 aliphatic carbocycles. The molecule has 0 aliphatic rings. The molecule has 0 N–H and O–H groups in total. The average Bonchev–Trinajstić information content (AvgIpc) is 2.29. The summed E-state index contributed by atoms with van der Waals surface area (Å²) in [6.07, 6.45) is 8.87. The second-order valence-corrected chi connectivity index (χ2v) is 14.4. The van der Waals surface area contributed by atoms with Crippen molar-refractivity contribution < 1.29 is 8.42 Å². The Labute approximate surface area is 112 Å². The van der Waals surface area contributed by atoms with Crippen molar-refractivity contribution in [3.63, 3.8) is 0 Å². The van der Waals surface area contributed by atoms with Gasteiger partial charge in [0.2, 0.25) is 0 Å². The Kier molecular flexibility index (Phi) is 21.3. The van der Waals surface area contributed by atoms with E-state index in [0.29, 0.717) is 0 Å². The molecule has 0 aromatic heterocycles. The van der Waals surface area contributed by atoms with Gasteiger partial charge in [0.25, 0.3) is 0 Å². The number of hydrogen-bond acceptors (Lipinski definition) is 2. The first kappa shape index (κ1) is 19.0. The molecule has 0 aliphatic heterocycles. The zero-order valence-corrected chi connectivity index (χ0v) is 15.3. The third kappa shape index (κ3) is 17.0. The summed E-state index contributed by atoms with van der Waals surface area (Å²) in [7, 11) is 0. The topological polar surface area (TPSA) is 34.1 Å². The van der Waals surface area contributed by atoms with Crippen LogP contribution in [0, 0.1) is 0 Å². The van der Waals surface area contributed by atoms with Crippen molar-refractivity contribution in [3.8, 4) is 0 Å². The zero-order chi connectivity index (χ0) is 12.6. The number of hydrogen-bond donors (Lipinski definition) is 0. The van der Waals surface area contributed by atoms with E-state index in [4.69, 9.17) is 8.42 Å². The zero-order valence-electron chi connectivity index (χ0n) is 11.2. The Balaban J connectivity index is 0. The van der Waals surface area contributed by atoms with Gasteiger partial charge in [-0.05, 0) is 0 Å². The van der Waals surface area contributed by atoms with Crippen molar-refractivity contribution in [3.05, 3.63) is 0 Å². The quantitative estimate of drug-likeness (QED) is 0.587. The van der Waals surface area contributed by atoms with Crippen LogP contribution >= 0.6 is 0 Å². The molecule has 0 unspecified atom stereocenters. The van der Waals surface area contributed by atoms with E-state index >= 15 is 0 Å². The Morgan fingerprint density at radius 1 is 0.750 bits per heavy atom. The molecule has 2 nitrogen and oxygen atoms in total. The van der Waals surface area contributed by atoms with E-state index in [-0.39, 0.29) is 0 Å². The molecule has 0 rings (SSSR count). The summed E-state index contributed by atoms with van der Waals surface area (Å²) >= 11 is -1.72. The second kappa shape index (κ2) is 18.0. The summed E-state index contributed by atoms with van der Waals surface area (Å²) in [6, 6.07) is 0. The van der Waals surface area contributed by atoms with Crippen LogP contribution in [0.2, 0.25) is 13.3 Å². The van der Waals surface area contributed by atoms with Gasteiger partial charge in [0.15, 0.2) is 0 Å². The summed E-state index contributed by atoms with van der Waals surface area (Å²) < 4.78 is 21.7. The fourth-order valence-electron chi connectivity index (χ4n) is 1.91. The van der Waals surface area contributed by atoms with Gasteiger partial charge in [0, 0.05) is 0 Å². The minimum absolute atomic E-state index is 0.750. The van der Waals surface area contributed by atoms with Crippen molar-refractivity contribution in [2.75, 3.05) is 0 Å². The number of unbranched alkanes of at least 4 members (excludes halogenated alkanes) is 3. The van der Waals surface area contributed by atoms with E-state index in [1.165, 1.54) is 38.5 Å². The van der Waals surface area contributed by atoms with Crippen LogP contribution < -0.4 is 0 Å². The van der Waals surface area contributed by atoms with Crippen LogP contribution in [-0.4, -0.2) is 28.2 Å². The van der Waals surface area contributed by atoms with Gasteiger partial charge in [0.05, 0.1) is 0 Å². The Morgan fingerprint density at radius 3 is 1.19 bits per heavy atom. The van der Waals surface area contributed by atoms with E-state index in [0.717, 1.165) is 0 Å². The molecule has 0 aromatic carbocycles. The molecule has 0 atom stereocenters.